The minimum atomic E-state index is 0.206. The van der Waals surface area contributed by atoms with Crippen LogP contribution in [0.5, 0.6) is 0 Å². The van der Waals surface area contributed by atoms with Crippen LogP contribution in [0.2, 0.25) is 0 Å². The molecule has 15 heavy (non-hydrogen) atoms. The molecule has 0 radical (unpaired) electrons. The molecule has 5 heteroatoms. The van der Waals surface area contributed by atoms with Crippen LogP contribution in [0.3, 0.4) is 0 Å². The minimum absolute atomic E-state index is 0.206. The Bertz CT molecular complexity index is 353. The molecular formula is C10H13BrN2OS. The molecule has 0 aromatic carbocycles. The highest BCUT2D eigenvalue weighted by atomic mass is 79.9. The van der Waals surface area contributed by atoms with E-state index in [9.17, 15) is 4.79 Å². The monoisotopic (exact) mass is 288 g/mol. The van der Waals surface area contributed by atoms with Gasteiger partial charge in [0.1, 0.15) is 0 Å². The van der Waals surface area contributed by atoms with Gasteiger partial charge in [-0.25, -0.2) is 0 Å². The molecule has 1 N–H and O–H groups in total. The Hall–Kier alpha value is -0.390. The van der Waals surface area contributed by atoms with Crippen molar-refractivity contribution in [2.45, 2.75) is 13.0 Å². The first-order valence-corrected chi connectivity index (χ1v) is 6.64. The number of halogens is 1. The summed E-state index contributed by atoms with van der Waals surface area (Å²) >= 11 is 5.11. The van der Waals surface area contributed by atoms with Crippen LogP contribution in [0.15, 0.2) is 15.9 Å². The molecule has 1 saturated heterocycles. The van der Waals surface area contributed by atoms with Crippen LogP contribution >= 0.6 is 27.3 Å². The molecular weight excluding hydrogens is 276 g/mol. The third kappa shape index (κ3) is 3.03. The molecule has 1 aliphatic rings. The van der Waals surface area contributed by atoms with Crippen LogP contribution in [-0.2, 0) is 11.3 Å². The standard InChI is InChI=1S/C10H13BrN2OS/c11-8-4-9(15-7-8)6-13-3-1-2-12-5-10(13)14/h4,7,12H,1-3,5-6H2. The molecule has 1 aromatic heterocycles. The van der Waals surface area contributed by atoms with E-state index in [1.54, 1.807) is 11.3 Å². The number of amides is 1. The summed E-state index contributed by atoms with van der Waals surface area (Å²) in [7, 11) is 0. The average molecular weight is 289 g/mol. The van der Waals surface area contributed by atoms with E-state index in [0.717, 1.165) is 30.5 Å². The molecule has 0 saturated carbocycles. The zero-order chi connectivity index (χ0) is 10.7. The quantitative estimate of drug-likeness (QED) is 0.901. The van der Waals surface area contributed by atoms with Crippen molar-refractivity contribution in [1.82, 2.24) is 10.2 Å². The third-order valence-corrected chi connectivity index (χ3v) is 4.06. The summed E-state index contributed by atoms with van der Waals surface area (Å²) in [5, 5.41) is 5.17. The van der Waals surface area contributed by atoms with Crippen LogP contribution in [0.4, 0.5) is 0 Å². The molecule has 0 bridgehead atoms. The Morgan fingerprint density at radius 1 is 1.60 bits per heavy atom. The first-order chi connectivity index (χ1) is 7.25. The molecule has 3 nitrogen and oxygen atoms in total. The SMILES string of the molecule is O=C1CNCCCN1Cc1cc(Br)cs1. The van der Waals surface area contributed by atoms with Gasteiger partial charge in [-0.05, 0) is 35.0 Å². The van der Waals surface area contributed by atoms with Crippen molar-refractivity contribution < 1.29 is 4.79 Å². The summed E-state index contributed by atoms with van der Waals surface area (Å²) in [6.45, 7) is 3.03. The fourth-order valence-electron chi connectivity index (χ4n) is 1.62. The molecule has 82 valence electrons. The average Bonchev–Trinajstić information content (AvgIpc) is 2.50. The summed E-state index contributed by atoms with van der Waals surface area (Å²) in [6.07, 6.45) is 1.04. The van der Waals surface area contributed by atoms with E-state index >= 15 is 0 Å². The molecule has 0 unspecified atom stereocenters. The van der Waals surface area contributed by atoms with Crippen molar-refractivity contribution in [2.75, 3.05) is 19.6 Å². The number of carbonyl (C=O) groups is 1. The summed E-state index contributed by atoms with van der Waals surface area (Å²) in [5.41, 5.74) is 0. The molecule has 2 heterocycles. The Morgan fingerprint density at radius 2 is 2.47 bits per heavy atom. The van der Waals surface area contributed by atoms with Gasteiger partial charge in [-0.15, -0.1) is 11.3 Å². The third-order valence-electron chi connectivity index (χ3n) is 2.38. The number of rotatable bonds is 2. The van der Waals surface area contributed by atoms with E-state index in [0.29, 0.717) is 6.54 Å². The van der Waals surface area contributed by atoms with Gasteiger partial charge < -0.3 is 10.2 Å². The summed E-state index contributed by atoms with van der Waals surface area (Å²) < 4.78 is 1.10. The summed E-state index contributed by atoms with van der Waals surface area (Å²) in [6, 6.07) is 2.08. The zero-order valence-electron chi connectivity index (χ0n) is 8.33. The van der Waals surface area contributed by atoms with Gasteiger partial charge in [0.15, 0.2) is 0 Å². The van der Waals surface area contributed by atoms with Gasteiger partial charge in [0, 0.05) is 21.3 Å². The van der Waals surface area contributed by atoms with E-state index in [1.807, 2.05) is 4.90 Å². The second-order valence-electron chi connectivity index (χ2n) is 3.58. The van der Waals surface area contributed by atoms with Crippen LogP contribution in [0.1, 0.15) is 11.3 Å². The van der Waals surface area contributed by atoms with Gasteiger partial charge in [-0.2, -0.15) is 0 Å². The second-order valence-corrected chi connectivity index (χ2v) is 5.49. The van der Waals surface area contributed by atoms with E-state index in [4.69, 9.17) is 0 Å². The van der Waals surface area contributed by atoms with Crippen LogP contribution in [-0.4, -0.2) is 30.4 Å². The lowest BCUT2D eigenvalue weighted by Gasteiger charge is -2.18. The lowest BCUT2D eigenvalue weighted by molar-refractivity contribution is -0.130. The zero-order valence-corrected chi connectivity index (χ0v) is 10.7. The smallest absolute Gasteiger partial charge is 0.236 e. The highest BCUT2D eigenvalue weighted by molar-refractivity contribution is 9.10. The predicted octanol–water partition coefficient (Wildman–Crippen LogP) is 1.83. The Balaban J connectivity index is 2.00. The maximum Gasteiger partial charge on any atom is 0.236 e. The van der Waals surface area contributed by atoms with Gasteiger partial charge >= 0.3 is 0 Å². The molecule has 0 aliphatic carbocycles. The van der Waals surface area contributed by atoms with Crippen molar-refractivity contribution in [3.8, 4) is 0 Å². The van der Waals surface area contributed by atoms with Crippen molar-refractivity contribution in [3.63, 3.8) is 0 Å². The Morgan fingerprint density at radius 3 is 3.20 bits per heavy atom. The van der Waals surface area contributed by atoms with Crippen LogP contribution in [0.25, 0.3) is 0 Å². The van der Waals surface area contributed by atoms with Gasteiger partial charge in [0.2, 0.25) is 5.91 Å². The fourth-order valence-corrected chi connectivity index (χ4v) is 3.08. The fraction of sp³-hybridized carbons (Fsp3) is 0.500. The van der Waals surface area contributed by atoms with Crippen molar-refractivity contribution >= 4 is 33.2 Å². The Labute approximate surface area is 102 Å². The topological polar surface area (TPSA) is 32.3 Å². The summed E-state index contributed by atoms with van der Waals surface area (Å²) in [4.78, 5) is 14.8. The highest BCUT2D eigenvalue weighted by Crippen LogP contribution is 2.21. The normalized spacial score (nSPS) is 17.9. The van der Waals surface area contributed by atoms with Crippen molar-refractivity contribution in [3.05, 3.63) is 20.8 Å². The van der Waals surface area contributed by atoms with E-state index < -0.39 is 0 Å². The minimum Gasteiger partial charge on any atom is -0.336 e. The number of carbonyl (C=O) groups excluding carboxylic acids is 1. The van der Waals surface area contributed by atoms with Gasteiger partial charge in [-0.1, -0.05) is 0 Å². The van der Waals surface area contributed by atoms with Gasteiger partial charge in [-0.3, -0.25) is 4.79 Å². The van der Waals surface area contributed by atoms with Crippen LogP contribution in [0, 0.1) is 0 Å². The molecule has 1 fully saturated rings. The van der Waals surface area contributed by atoms with E-state index in [-0.39, 0.29) is 5.91 Å². The van der Waals surface area contributed by atoms with Gasteiger partial charge in [0.25, 0.3) is 0 Å². The number of thiophene rings is 1. The van der Waals surface area contributed by atoms with E-state index in [2.05, 4.69) is 32.7 Å². The molecule has 0 atom stereocenters. The van der Waals surface area contributed by atoms with Crippen LogP contribution < -0.4 is 5.32 Å². The molecule has 0 spiro atoms. The number of nitrogens with zero attached hydrogens (tertiary/aromatic N) is 1. The Kier molecular flexibility index (Phi) is 3.77. The largest absolute Gasteiger partial charge is 0.336 e. The maximum atomic E-state index is 11.7. The molecule has 2 rings (SSSR count). The van der Waals surface area contributed by atoms with Gasteiger partial charge in [0.05, 0.1) is 13.1 Å². The number of nitrogens with one attached hydrogen (secondary N) is 1. The lowest BCUT2D eigenvalue weighted by Crippen LogP contribution is -2.34. The lowest BCUT2D eigenvalue weighted by atomic mass is 10.3. The highest BCUT2D eigenvalue weighted by Gasteiger charge is 2.16. The molecule has 1 aliphatic heterocycles. The summed E-state index contributed by atoms with van der Waals surface area (Å²) in [5.74, 6) is 0.206. The van der Waals surface area contributed by atoms with Crippen molar-refractivity contribution in [1.29, 1.82) is 0 Å². The second kappa shape index (κ2) is 5.09. The number of hydrogen-bond acceptors (Lipinski definition) is 3. The molecule has 1 aromatic rings. The van der Waals surface area contributed by atoms with E-state index in [1.165, 1.54) is 4.88 Å². The van der Waals surface area contributed by atoms with Crippen molar-refractivity contribution in [2.24, 2.45) is 0 Å². The first kappa shape index (κ1) is 11.1. The first-order valence-electron chi connectivity index (χ1n) is 4.97. The predicted molar refractivity (Wildman–Crippen MR) is 64.9 cm³/mol. The number of hydrogen-bond donors (Lipinski definition) is 1. The molecule has 1 amide bonds. The maximum absolute atomic E-state index is 11.7.